The second-order valence-electron chi connectivity index (χ2n) is 6.44. The molecule has 158 valence electrons. The molecule has 0 unspecified atom stereocenters. The average Bonchev–Trinajstić information content (AvgIpc) is 2.93. The quantitative estimate of drug-likeness (QED) is 0.484. The van der Waals surface area contributed by atoms with Gasteiger partial charge in [-0.3, -0.25) is 4.79 Å². The summed E-state index contributed by atoms with van der Waals surface area (Å²) in [6.07, 6.45) is 1.51. The smallest absolute Gasteiger partial charge is 0.405 e. The van der Waals surface area contributed by atoms with Crippen LogP contribution in [0.1, 0.15) is 23.2 Å². The molecular formula is C21H20F3N3O2S. The van der Waals surface area contributed by atoms with Crippen molar-refractivity contribution in [2.75, 3.05) is 12.4 Å². The van der Waals surface area contributed by atoms with E-state index in [9.17, 15) is 18.0 Å². The van der Waals surface area contributed by atoms with Crippen molar-refractivity contribution in [1.82, 2.24) is 9.97 Å². The lowest BCUT2D eigenvalue weighted by atomic mass is 10.1. The SMILES string of the molecule is CNc1cccc(CSc2nc(C3=CCC=CC=C3OC(F)(F)F)c(C)c(=O)[nH]2)c1. The molecule has 9 heteroatoms. The Labute approximate surface area is 175 Å². The Morgan fingerprint density at radius 1 is 1.33 bits per heavy atom. The third-order valence-electron chi connectivity index (χ3n) is 4.31. The number of hydrogen-bond acceptors (Lipinski definition) is 5. The second-order valence-corrected chi connectivity index (χ2v) is 7.41. The molecule has 0 spiro atoms. The van der Waals surface area contributed by atoms with Gasteiger partial charge in [0.25, 0.3) is 5.56 Å². The van der Waals surface area contributed by atoms with Crippen LogP contribution >= 0.6 is 11.8 Å². The van der Waals surface area contributed by atoms with Gasteiger partial charge < -0.3 is 15.0 Å². The zero-order chi connectivity index (χ0) is 21.7. The summed E-state index contributed by atoms with van der Waals surface area (Å²) in [6.45, 7) is 1.52. The molecule has 0 radical (unpaired) electrons. The van der Waals surface area contributed by atoms with E-state index in [0.717, 1.165) is 11.3 Å². The predicted octanol–water partition coefficient (Wildman–Crippen LogP) is 5.18. The molecule has 0 atom stereocenters. The zero-order valence-electron chi connectivity index (χ0n) is 16.3. The third kappa shape index (κ3) is 5.56. The van der Waals surface area contributed by atoms with Crippen LogP contribution in [0, 0.1) is 6.92 Å². The molecule has 0 bridgehead atoms. The number of benzene rings is 1. The molecule has 1 aliphatic rings. The van der Waals surface area contributed by atoms with Gasteiger partial charge in [-0.1, -0.05) is 42.1 Å². The van der Waals surface area contributed by atoms with Gasteiger partial charge in [0, 0.05) is 29.6 Å². The number of nitrogens with one attached hydrogen (secondary N) is 2. The standard InChI is InChI=1S/C21H20F3N3O2S/c1-13-18(16-9-4-3-5-10-17(16)29-21(22,23)24)26-20(27-19(13)28)30-12-14-7-6-8-15(11-14)25-2/h3,5-11,25H,4,12H2,1-2H3,(H,26,27,28). The predicted molar refractivity (Wildman–Crippen MR) is 112 cm³/mol. The molecule has 30 heavy (non-hydrogen) atoms. The Bertz CT molecular complexity index is 1070. The monoisotopic (exact) mass is 435 g/mol. The number of thioether (sulfide) groups is 1. The molecule has 0 amide bonds. The van der Waals surface area contributed by atoms with Gasteiger partial charge >= 0.3 is 6.36 Å². The summed E-state index contributed by atoms with van der Waals surface area (Å²) < 4.78 is 42.8. The van der Waals surface area contributed by atoms with E-state index in [1.54, 1.807) is 12.2 Å². The van der Waals surface area contributed by atoms with Crippen LogP contribution in [0.5, 0.6) is 0 Å². The van der Waals surface area contributed by atoms with Crippen LogP contribution in [0.3, 0.4) is 0 Å². The topological polar surface area (TPSA) is 67.0 Å². The summed E-state index contributed by atoms with van der Waals surface area (Å²) in [7, 11) is 1.82. The highest BCUT2D eigenvalue weighted by atomic mass is 32.2. The van der Waals surface area contributed by atoms with E-state index in [1.807, 2.05) is 31.3 Å². The first-order valence-corrected chi connectivity index (χ1v) is 10.1. The van der Waals surface area contributed by atoms with E-state index in [2.05, 4.69) is 20.0 Å². The lowest BCUT2D eigenvalue weighted by molar-refractivity contribution is -0.302. The average molecular weight is 435 g/mol. The minimum atomic E-state index is -4.85. The summed E-state index contributed by atoms with van der Waals surface area (Å²) in [6, 6.07) is 7.75. The molecule has 1 aliphatic carbocycles. The van der Waals surface area contributed by atoms with Crippen LogP contribution in [0.4, 0.5) is 18.9 Å². The van der Waals surface area contributed by atoms with Crippen LogP contribution in [0.2, 0.25) is 0 Å². The molecule has 0 fully saturated rings. The normalized spacial score (nSPS) is 14.0. The van der Waals surface area contributed by atoms with Crippen LogP contribution in [0.25, 0.3) is 5.57 Å². The maximum absolute atomic E-state index is 12.9. The fraction of sp³-hybridized carbons (Fsp3) is 0.238. The van der Waals surface area contributed by atoms with Crippen molar-refractivity contribution >= 4 is 23.0 Å². The summed E-state index contributed by atoms with van der Waals surface area (Å²) >= 11 is 1.29. The second kappa shape index (κ2) is 9.25. The number of ether oxygens (including phenoxy) is 1. The highest BCUT2D eigenvalue weighted by Gasteiger charge is 2.34. The zero-order valence-corrected chi connectivity index (χ0v) is 17.2. The van der Waals surface area contributed by atoms with E-state index >= 15 is 0 Å². The molecule has 0 saturated heterocycles. The Morgan fingerprint density at radius 2 is 2.13 bits per heavy atom. The number of alkyl halides is 3. The first kappa shape index (κ1) is 21.8. The molecule has 5 nitrogen and oxygen atoms in total. The number of halogens is 3. The van der Waals surface area contributed by atoms with Crippen LogP contribution in [-0.4, -0.2) is 23.4 Å². The van der Waals surface area contributed by atoms with E-state index in [4.69, 9.17) is 0 Å². The van der Waals surface area contributed by atoms with Gasteiger partial charge in [0.05, 0.1) is 5.69 Å². The molecule has 2 N–H and O–H groups in total. The first-order valence-electron chi connectivity index (χ1n) is 9.10. The molecule has 1 aromatic carbocycles. The molecule has 1 aromatic heterocycles. The molecule has 0 aliphatic heterocycles. The largest absolute Gasteiger partial charge is 0.573 e. The Hall–Kier alpha value is -2.94. The van der Waals surface area contributed by atoms with Crippen LogP contribution in [0.15, 0.2) is 64.3 Å². The Kier molecular flexibility index (Phi) is 6.71. The van der Waals surface area contributed by atoms with E-state index in [1.165, 1.54) is 30.8 Å². The van der Waals surface area contributed by atoms with Crippen molar-refractivity contribution < 1.29 is 17.9 Å². The van der Waals surface area contributed by atoms with Gasteiger partial charge in [0.2, 0.25) is 0 Å². The van der Waals surface area contributed by atoms with E-state index in [0.29, 0.717) is 17.3 Å². The van der Waals surface area contributed by atoms with Gasteiger partial charge in [0.15, 0.2) is 5.16 Å². The molecular weight excluding hydrogens is 415 g/mol. The number of aromatic amines is 1. The van der Waals surface area contributed by atoms with Gasteiger partial charge in [-0.15, -0.1) is 13.2 Å². The number of anilines is 1. The van der Waals surface area contributed by atoms with Gasteiger partial charge in [0.1, 0.15) is 5.76 Å². The van der Waals surface area contributed by atoms with Crippen molar-refractivity contribution in [2.24, 2.45) is 0 Å². The molecule has 2 aromatic rings. The van der Waals surface area contributed by atoms with Gasteiger partial charge in [-0.05, 0) is 37.1 Å². The number of rotatable bonds is 6. The third-order valence-corrected chi connectivity index (χ3v) is 5.25. The summed E-state index contributed by atoms with van der Waals surface area (Å²) in [5, 5.41) is 3.37. The van der Waals surface area contributed by atoms with Crippen molar-refractivity contribution in [3.05, 3.63) is 81.5 Å². The number of nitrogens with zero attached hydrogens (tertiary/aromatic N) is 1. The van der Waals surface area contributed by atoms with Gasteiger partial charge in [-0.2, -0.15) is 0 Å². The van der Waals surface area contributed by atoms with Crippen molar-refractivity contribution in [1.29, 1.82) is 0 Å². The fourth-order valence-electron chi connectivity index (χ4n) is 2.85. The van der Waals surface area contributed by atoms with E-state index in [-0.39, 0.29) is 16.8 Å². The highest BCUT2D eigenvalue weighted by molar-refractivity contribution is 7.98. The van der Waals surface area contributed by atoms with Crippen LogP contribution < -0.4 is 10.9 Å². The maximum atomic E-state index is 12.9. The summed E-state index contributed by atoms with van der Waals surface area (Å²) in [5.41, 5.74) is 2.09. The minimum absolute atomic E-state index is 0.139. The van der Waals surface area contributed by atoms with Crippen molar-refractivity contribution in [3.8, 4) is 0 Å². The summed E-state index contributed by atoms with van der Waals surface area (Å²) in [4.78, 5) is 19.6. The number of aromatic nitrogens is 2. The maximum Gasteiger partial charge on any atom is 0.573 e. The van der Waals surface area contributed by atoms with Crippen LogP contribution in [-0.2, 0) is 10.5 Å². The Balaban J connectivity index is 1.92. The lowest BCUT2D eigenvalue weighted by Gasteiger charge is -2.16. The first-order chi connectivity index (χ1) is 14.3. The van der Waals surface area contributed by atoms with Gasteiger partial charge in [-0.25, -0.2) is 4.98 Å². The summed E-state index contributed by atoms with van der Waals surface area (Å²) in [5.74, 6) is 0.138. The van der Waals surface area contributed by atoms with Crippen molar-refractivity contribution in [3.63, 3.8) is 0 Å². The van der Waals surface area contributed by atoms with Crippen molar-refractivity contribution in [2.45, 2.75) is 30.6 Å². The number of allylic oxidation sites excluding steroid dienone is 5. The molecule has 3 rings (SSSR count). The number of H-pyrrole nitrogens is 1. The lowest BCUT2D eigenvalue weighted by Crippen LogP contribution is -2.18. The molecule has 1 heterocycles. The molecule has 0 saturated carbocycles. The highest BCUT2D eigenvalue weighted by Crippen LogP contribution is 2.33. The minimum Gasteiger partial charge on any atom is -0.405 e. The number of hydrogen-bond donors (Lipinski definition) is 2. The Morgan fingerprint density at radius 3 is 2.87 bits per heavy atom. The fourth-order valence-corrected chi connectivity index (χ4v) is 3.65. The van der Waals surface area contributed by atoms with E-state index < -0.39 is 17.7 Å².